The van der Waals surface area contributed by atoms with E-state index >= 15 is 0 Å². The molecule has 1 aliphatic rings. The highest BCUT2D eigenvalue weighted by molar-refractivity contribution is 7.99. The zero-order valence-corrected chi connectivity index (χ0v) is 12.4. The standard InChI is InChI=1S/C15H22N2O2S/c18-13-5-4-9-17(11-13)12-15(19)16-8-10-20-14-6-2-1-3-7-14/h1-3,6-7,13,18H,4-5,8-12H2,(H,16,19)/t13-/m0/s1. The van der Waals surface area contributed by atoms with Crippen molar-refractivity contribution in [3.05, 3.63) is 30.3 Å². The van der Waals surface area contributed by atoms with E-state index in [2.05, 4.69) is 17.4 Å². The van der Waals surface area contributed by atoms with Crippen LogP contribution in [0.2, 0.25) is 0 Å². The first kappa shape index (κ1) is 15.4. The fourth-order valence-corrected chi connectivity index (χ4v) is 3.10. The molecular weight excluding hydrogens is 272 g/mol. The Morgan fingerprint density at radius 3 is 2.95 bits per heavy atom. The first-order chi connectivity index (χ1) is 9.74. The summed E-state index contributed by atoms with van der Waals surface area (Å²) in [4.78, 5) is 15.0. The average Bonchev–Trinajstić information content (AvgIpc) is 2.45. The highest BCUT2D eigenvalue weighted by atomic mass is 32.2. The van der Waals surface area contributed by atoms with Crippen LogP contribution >= 0.6 is 11.8 Å². The van der Waals surface area contributed by atoms with Gasteiger partial charge in [-0.3, -0.25) is 9.69 Å². The topological polar surface area (TPSA) is 52.6 Å². The molecule has 1 aliphatic heterocycles. The van der Waals surface area contributed by atoms with E-state index in [0.29, 0.717) is 19.6 Å². The average molecular weight is 294 g/mol. The maximum Gasteiger partial charge on any atom is 0.234 e. The van der Waals surface area contributed by atoms with Gasteiger partial charge in [-0.1, -0.05) is 18.2 Å². The molecule has 5 heteroatoms. The lowest BCUT2D eigenvalue weighted by atomic mass is 10.1. The van der Waals surface area contributed by atoms with Crippen LogP contribution in [0.1, 0.15) is 12.8 Å². The number of aliphatic hydroxyl groups is 1. The Hall–Kier alpha value is -1.04. The molecule has 2 N–H and O–H groups in total. The molecule has 1 atom stereocenters. The minimum Gasteiger partial charge on any atom is -0.392 e. The van der Waals surface area contributed by atoms with Crippen LogP contribution in [0.5, 0.6) is 0 Å². The largest absolute Gasteiger partial charge is 0.392 e. The number of nitrogens with one attached hydrogen (secondary N) is 1. The van der Waals surface area contributed by atoms with E-state index in [4.69, 9.17) is 0 Å². The van der Waals surface area contributed by atoms with Crippen molar-refractivity contribution in [3.63, 3.8) is 0 Å². The van der Waals surface area contributed by atoms with Gasteiger partial charge in [-0.15, -0.1) is 11.8 Å². The first-order valence-corrected chi connectivity index (χ1v) is 8.07. The van der Waals surface area contributed by atoms with E-state index < -0.39 is 0 Å². The van der Waals surface area contributed by atoms with Crippen LogP contribution in [-0.4, -0.2) is 53.9 Å². The van der Waals surface area contributed by atoms with Crippen LogP contribution in [0.3, 0.4) is 0 Å². The van der Waals surface area contributed by atoms with Crippen LogP contribution in [0.25, 0.3) is 0 Å². The van der Waals surface area contributed by atoms with E-state index in [1.54, 1.807) is 11.8 Å². The van der Waals surface area contributed by atoms with Crippen LogP contribution in [0, 0.1) is 0 Å². The summed E-state index contributed by atoms with van der Waals surface area (Å²) in [6.45, 7) is 2.59. The molecule has 1 fully saturated rings. The van der Waals surface area contributed by atoms with Crippen molar-refractivity contribution in [2.45, 2.75) is 23.8 Å². The number of hydrogen-bond donors (Lipinski definition) is 2. The number of likely N-dealkylation sites (tertiary alicyclic amines) is 1. The highest BCUT2D eigenvalue weighted by Gasteiger charge is 2.19. The minimum atomic E-state index is -0.273. The Morgan fingerprint density at radius 2 is 2.20 bits per heavy atom. The van der Waals surface area contributed by atoms with Crippen LogP contribution < -0.4 is 5.32 Å². The minimum absolute atomic E-state index is 0.0489. The Balaban J connectivity index is 1.58. The molecule has 0 radical (unpaired) electrons. The Kier molecular flexibility index (Phi) is 6.36. The van der Waals surface area contributed by atoms with Gasteiger partial charge in [0.2, 0.25) is 5.91 Å². The second kappa shape index (κ2) is 8.29. The number of benzene rings is 1. The molecular formula is C15H22N2O2S. The molecule has 0 spiro atoms. The molecule has 0 aliphatic carbocycles. The molecule has 0 bridgehead atoms. The van der Waals surface area contributed by atoms with Crippen LogP contribution in [0.4, 0.5) is 0 Å². The molecule has 1 amide bonds. The number of aliphatic hydroxyl groups excluding tert-OH is 1. The van der Waals surface area contributed by atoms with Gasteiger partial charge >= 0.3 is 0 Å². The van der Waals surface area contributed by atoms with Gasteiger partial charge < -0.3 is 10.4 Å². The summed E-state index contributed by atoms with van der Waals surface area (Å²) in [6, 6.07) is 10.2. The zero-order chi connectivity index (χ0) is 14.2. The molecule has 110 valence electrons. The molecule has 1 aromatic carbocycles. The van der Waals surface area contributed by atoms with Crippen molar-refractivity contribution in [2.75, 3.05) is 31.9 Å². The fraction of sp³-hybridized carbons (Fsp3) is 0.533. The third-order valence-corrected chi connectivity index (χ3v) is 4.30. The number of carbonyl (C=O) groups is 1. The number of β-amino-alcohol motifs (C(OH)–C–C–N with tert-alkyl or cyclic N) is 1. The zero-order valence-electron chi connectivity index (χ0n) is 11.6. The van der Waals surface area contributed by atoms with Gasteiger partial charge in [-0.25, -0.2) is 0 Å². The van der Waals surface area contributed by atoms with Crippen LogP contribution in [0.15, 0.2) is 35.2 Å². The molecule has 20 heavy (non-hydrogen) atoms. The van der Waals surface area contributed by atoms with E-state index in [-0.39, 0.29) is 12.0 Å². The molecule has 4 nitrogen and oxygen atoms in total. The molecule has 0 unspecified atom stereocenters. The lowest BCUT2D eigenvalue weighted by Gasteiger charge is -2.29. The van der Waals surface area contributed by atoms with Gasteiger partial charge in [0.05, 0.1) is 12.6 Å². The van der Waals surface area contributed by atoms with E-state index in [0.717, 1.165) is 25.1 Å². The van der Waals surface area contributed by atoms with Crippen molar-refractivity contribution >= 4 is 17.7 Å². The quantitative estimate of drug-likeness (QED) is 0.614. The second-order valence-electron chi connectivity index (χ2n) is 5.04. The van der Waals surface area contributed by atoms with Crippen molar-refractivity contribution in [3.8, 4) is 0 Å². The Labute approximate surface area is 124 Å². The number of carbonyl (C=O) groups excluding carboxylic acids is 1. The lowest BCUT2D eigenvalue weighted by Crippen LogP contribution is -2.44. The summed E-state index contributed by atoms with van der Waals surface area (Å²) in [5, 5.41) is 12.5. The van der Waals surface area contributed by atoms with Crippen molar-refractivity contribution in [1.82, 2.24) is 10.2 Å². The molecule has 1 aromatic rings. The predicted octanol–water partition coefficient (Wildman–Crippen LogP) is 1.35. The number of amides is 1. The van der Waals surface area contributed by atoms with Gasteiger partial charge in [0.1, 0.15) is 0 Å². The number of rotatable bonds is 6. The third-order valence-electron chi connectivity index (χ3n) is 3.28. The summed E-state index contributed by atoms with van der Waals surface area (Å²) >= 11 is 1.74. The fourth-order valence-electron chi connectivity index (χ4n) is 2.31. The molecule has 2 rings (SSSR count). The van der Waals surface area contributed by atoms with Gasteiger partial charge in [0.15, 0.2) is 0 Å². The monoisotopic (exact) mass is 294 g/mol. The van der Waals surface area contributed by atoms with E-state index in [1.165, 1.54) is 4.90 Å². The Morgan fingerprint density at radius 1 is 1.40 bits per heavy atom. The Bertz CT molecular complexity index is 414. The predicted molar refractivity (Wildman–Crippen MR) is 81.9 cm³/mol. The summed E-state index contributed by atoms with van der Waals surface area (Å²) < 4.78 is 0. The van der Waals surface area contributed by atoms with Crippen molar-refractivity contribution in [1.29, 1.82) is 0 Å². The number of nitrogens with zero attached hydrogens (tertiary/aromatic N) is 1. The van der Waals surface area contributed by atoms with Gasteiger partial charge in [-0.2, -0.15) is 0 Å². The van der Waals surface area contributed by atoms with Crippen molar-refractivity contribution < 1.29 is 9.90 Å². The summed E-state index contributed by atoms with van der Waals surface area (Å²) in [6.07, 6.45) is 1.55. The second-order valence-corrected chi connectivity index (χ2v) is 6.21. The van der Waals surface area contributed by atoms with Crippen LogP contribution in [-0.2, 0) is 4.79 Å². The highest BCUT2D eigenvalue weighted by Crippen LogP contribution is 2.15. The lowest BCUT2D eigenvalue weighted by molar-refractivity contribution is -0.122. The van der Waals surface area contributed by atoms with Gasteiger partial charge in [-0.05, 0) is 31.5 Å². The number of piperidine rings is 1. The van der Waals surface area contributed by atoms with E-state index in [1.807, 2.05) is 23.1 Å². The molecule has 1 saturated heterocycles. The summed E-state index contributed by atoms with van der Waals surface area (Å²) in [5.74, 6) is 0.922. The van der Waals surface area contributed by atoms with Crippen molar-refractivity contribution in [2.24, 2.45) is 0 Å². The molecule has 0 aromatic heterocycles. The normalized spacial score (nSPS) is 19.8. The maximum atomic E-state index is 11.8. The summed E-state index contributed by atoms with van der Waals surface area (Å²) in [7, 11) is 0. The first-order valence-electron chi connectivity index (χ1n) is 7.09. The van der Waals surface area contributed by atoms with Gasteiger partial charge in [0, 0.05) is 23.7 Å². The molecule has 0 saturated carbocycles. The SMILES string of the molecule is O=C(CN1CCC[C@H](O)C1)NCCSc1ccccc1. The number of thioether (sulfide) groups is 1. The van der Waals surface area contributed by atoms with Gasteiger partial charge in [0.25, 0.3) is 0 Å². The number of hydrogen-bond acceptors (Lipinski definition) is 4. The maximum absolute atomic E-state index is 11.8. The third kappa shape index (κ3) is 5.53. The molecule has 1 heterocycles. The summed E-state index contributed by atoms with van der Waals surface area (Å²) in [5.41, 5.74) is 0. The van der Waals surface area contributed by atoms with E-state index in [9.17, 15) is 9.90 Å². The smallest absolute Gasteiger partial charge is 0.234 e.